The largest absolute Gasteiger partial charge is 0.338 e. The van der Waals surface area contributed by atoms with Crippen molar-refractivity contribution in [1.82, 2.24) is 19.9 Å². The van der Waals surface area contributed by atoms with Gasteiger partial charge in [-0.3, -0.25) is 14.6 Å². The van der Waals surface area contributed by atoms with Crippen LogP contribution in [-0.2, 0) is 11.3 Å². The summed E-state index contributed by atoms with van der Waals surface area (Å²) in [5.41, 5.74) is 3.83. The van der Waals surface area contributed by atoms with Crippen LogP contribution in [0.3, 0.4) is 0 Å². The molecule has 0 atom stereocenters. The summed E-state index contributed by atoms with van der Waals surface area (Å²) in [4.78, 5) is 21.4. The number of hydrogen-bond acceptors (Lipinski definition) is 6. The van der Waals surface area contributed by atoms with Crippen LogP contribution in [-0.4, -0.2) is 58.6 Å². The van der Waals surface area contributed by atoms with Crippen molar-refractivity contribution in [2.24, 2.45) is 0 Å². The van der Waals surface area contributed by atoms with Gasteiger partial charge in [-0.1, -0.05) is 47.1 Å². The van der Waals surface area contributed by atoms with E-state index in [0.29, 0.717) is 29.8 Å². The van der Waals surface area contributed by atoms with Crippen molar-refractivity contribution in [2.45, 2.75) is 20.4 Å². The van der Waals surface area contributed by atoms with Crippen molar-refractivity contribution in [3.05, 3.63) is 64.5 Å². The second-order valence-corrected chi connectivity index (χ2v) is 8.27. The number of carbonyl (C=O) groups excluding carboxylic acids is 1. The third-order valence-electron chi connectivity index (χ3n) is 5.52. The number of benzene rings is 2. The van der Waals surface area contributed by atoms with Gasteiger partial charge in [-0.25, -0.2) is 0 Å². The maximum atomic E-state index is 12.5. The molecule has 0 radical (unpaired) electrons. The maximum absolute atomic E-state index is 12.5. The Balaban J connectivity index is 1.27. The summed E-state index contributed by atoms with van der Waals surface area (Å²) in [7, 11) is 0. The fraction of sp³-hybridized carbons (Fsp3) is 0.348. The van der Waals surface area contributed by atoms with Crippen LogP contribution >= 0.6 is 11.6 Å². The first kappa shape index (κ1) is 21.5. The number of amides is 1. The van der Waals surface area contributed by atoms with Gasteiger partial charge in [0.05, 0.1) is 18.1 Å². The molecule has 8 heteroatoms. The van der Waals surface area contributed by atoms with E-state index in [2.05, 4.69) is 25.3 Å². The third kappa shape index (κ3) is 5.31. The highest BCUT2D eigenvalue weighted by Crippen LogP contribution is 2.25. The zero-order valence-electron chi connectivity index (χ0n) is 17.8. The molecule has 0 unspecified atom stereocenters. The van der Waals surface area contributed by atoms with Crippen molar-refractivity contribution in [2.75, 3.05) is 38.0 Å². The lowest BCUT2D eigenvalue weighted by molar-refractivity contribution is -0.117. The Morgan fingerprint density at radius 3 is 2.42 bits per heavy atom. The van der Waals surface area contributed by atoms with Gasteiger partial charge in [0.1, 0.15) is 0 Å². The third-order valence-corrected chi connectivity index (χ3v) is 5.85. The highest BCUT2D eigenvalue weighted by molar-refractivity contribution is 6.33. The highest BCUT2D eigenvalue weighted by Gasteiger charge is 2.21. The molecule has 0 bridgehead atoms. The van der Waals surface area contributed by atoms with Crippen LogP contribution in [0.4, 0.5) is 5.69 Å². The van der Waals surface area contributed by atoms with Gasteiger partial charge in [0.2, 0.25) is 17.6 Å². The molecule has 1 aliphatic heterocycles. The lowest BCUT2D eigenvalue weighted by Gasteiger charge is -2.33. The summed E-state index contributed by atoms with van der Waals surface area (Å²) in [6.07, 6.45) is 0. The molecule has 0 saturated carbocycles. The molecule has 2 heterocycles. The minimum atomic E-state index is 0.0205. The summed E-state index contributed by atoms with van der Waals surface area (Å²) < 4.78 is 5.42. The molecule has 162 valence electrons. The van der Waals surface area contributed by atoms with E-state index in [1.165, 1.54) is 0 Å². The first-order chi connectivity index (χ1) is 15.0. The Bertz CT molecular complexity index is 1040. The lowest BCUT2D eigenvalue weighted by atomic mass is 10.1. The topological polar surface area (TPSA) is 74.5 Å². The zero-order valence-corrected chi connectivity index (χ0v) is 18.5. The summed E-state index contributed by atoms with van der Waals surface area (Å²) in [5, 5.41) is 7.72. The number of rotatable bonds is 6. The average Bonchev–Trinajstić information content (AvgIpc) is 3.21. The number of anilines is 1. The molecule has 0 aliphatic carbocycles. The summed E-state index contributed by atoms with van der Waals surface area (Å²) in [6, 6.07) is 13.5. The van der Waals surface area contributed by atoms with Crippen molar-refractivity contribution >= 4 is 23.2 Å². The fourth-order valence-corrected chi connectivity index (χ4v) is 3.98. The van der Waals surface area contributed by atoms with Gasteiger partial charge in [0, 0.05) is 37.4 Å². The van der Waals surface area contributed by atoms with Crippen LogP contribution in [0.15, 0.2) is 47.0 Å². The van der Waals surface area contributed by atoms with E-state index >= 15 is 0 Å². The number of aryl methyl sites for hydroxylation is 2. The van der Waals surface area contributed by atoms with Gasteiger partial charge in [0.15, 0.2) is 0 Å². The van der Waals surface area contributed by atoms with Gasteiger partial charge >= 0.3 is 0 Å². The van der Waals surface area contributed by atoms with Gasteiger partial charge < -0.3 is 9.84 Å². The highest BCUT2D eigenvalue weighted by atomic mass is 35.5. The van der Waals surface area contributed by atoms with Crippen LogP contribution in [0, 0.1) is 13.8 Å². The Hall–Kier alpha value is -2.74. The molecule has 1 fully saturated rings. The molecule has 7 nitrogen and oxygen atoms in total. The summed E-state index contributed by atoms with van der Waals surface area (Å²) >= 11 is 6.22. The second-order valence-electron chi connectivity index (χ2n) is 7.86. The summed E-state index contributed by atoms with van der Waals surface area (Å²) in [5.74, 6) is 1.09. The van der Waals surface area contributed by atoms with Crippen LogP contribution in [0.5, 0.6) is 0 Å². The lowest BCUT2D eigenvalue weighted by Crippen LogP contribution is -2.48. The first-order valence-corrected chi connectivity index (χ1v) is 10.8. The molecule has 1 aromatic heterocycles. The van der Waals surface area contributed by atoms with E-state index in [4.69, 9.17) is 16.1 Å². The van der Waals surface area contributed by atoms with Crippen molar-refractivity contribution < 1.29 is 9.32 Å². The van der Waals surface area contributed by atoms with Crippen LogP contribution in [0.2, 0.25) is 5.02 Å². The number of carbonyl (C=O) groups is 1. The number of piperazine rings is 1. The molecule has 2 aromatic carbocycles. The molecule has 3 aromatic rings. The number of nitrogens with one attached hydrogen (secondary N) is 1. The molecule has 31 heavy (non-hydrogen) atoms. The fourth-order valence-electron chi connectivity index (χ4n) is 3.76. The number of halogens is 1. The minimum absolute atomic E-state index is 0.0205. The van der Waals surface area contributed by atoms with Crippen LogP contribution < -0.4 is 5.32 Å². The van der Waals surface area contributed by atoms with Crippen LogP contribution in [0.25, 0.3) is 11.4 Å². The van der Waals surface area contributed by atoms with E-state index in [1.54, 1.807) is 0 Å². The Labute approximate surface area is 187 Å². The molecular formula is C23H26ClN5O2. The van der Waals surface area contributed by atoms with Gasteiger partial charge in [0.25, 0.3) is 0 Å². The van der Waals surface area contributed by atoms with Gasteiger partial charge in [-0.15, -0.1) is 0 Å². The van der Waals surface area contributed by atoms with E-state index in [9.17, 15) is 4.79 Å². The quantitative estimate of drug-likeness (QED) is 0.630. The van der Waals surface area contributed by atoms with E-state index < -0.39 is 0 Å². The molecule has 4 rings (SSSR count). The predicted octanol–water partition coefficient (Wildman–Crippen LogP) is 3.76. The number of para-hydroxylation sites is 1. The molecule has 1 amide bonds. The van der Waals surface area contributed by atoms with E-state index in [1.807, 2.05) is 56.3 Å². The van der Waals surface area contributed by atoms with Crippen molar-refractivity contribution in [3.63, 3.8) is 0 Å². The van der Waals surface area contributed by atoms with E-state index in [0.717, 1.165) is 48.6 Å². The monoisotopic (exact) mass is 439 g/mol. The predicted molar refractivity (Wildman–Crippen MR) is 121 cm³/mol. The van der Waals surface area contributed by atoms with Crippen molar-refractivity contribution in [3.8, 4) is 11.4 Å². The first-order valence-electron chi connectivity index (χ1n) is 10.4. The molecule has 1 N–H and O–H groups in total. The van der Waals surface area contributed by atoms with Gasteiger partial charge in [-0.05, 0) is 37.1 Å². The number of aromatic nitrogens is 2. The van der Waals surface area contributed by atoms with Gasteiger partial charge in [-0.2, -0.15) is 4.98 Å². The second kappa shape index (κ2) is 9.60. The normalized spacial score (nSPS) is 15.2. The minimum Gasteiger partial charge on any atom is -0.338 e. The van der Waals surface area contributed by atoms with Crippen molar-refractivity contribution in [1.29, 1.82) is 0 Å². The molecule has 1 aliphatic rings. The van der Waals surface area contributed by atoms with Crippen LogP contribution in [0.1, 0.15) is 17.0 Å². The summed E-state index contributed by atoms with van der Waals surface area (Å²) in [6.45, 7) is 8.28. The van der Waals surface area contributed by atoms with E-state index in [-0.39, 0.29) is 5.91 Å². The number of nitrogens with zero attached hydrogens (tertiary/aromatic N) is 4. The Morgan fingerprint density at radius 2 is 1.71 bits per heavy atom. The average molecular weight is 440 g/mol. The standard InChI is InChI=1S/C23H26ClN5O2/c1-16-6-5-7-17(2)22(16)25-20(30)14-28-10-12-29(13-11-28)15-21-26-23(27-31-21)18-8-3-4-9-19(18)24/h3-9H,10-15H2,1-2H3,(H,25,30). The maximum Gasteiger partial charge on any atom is 0.241 e. The molecule has 0 spiro atoms. The zero-order chi connectivity index (χ0) is 21.8. The Morgan fingerprint density at radius 1 is 1.03 bits per heavy atom. The number of hydrogen-bond donors (Lipinski definition) is 1. The molecule has 1 saturated heterocycles. The molecular weight excluding hydrogens is 414 g/mol. The smallest absolute Gasteiger partial charge is 0.241 e. The SMILES string of the molecule is Cc1cccc(C)c1NC(=O)CN1CCN(Cc2nc(-c3ccccc3Cl)no2)CC1. The Kier molecular flexibility index (Phi) is 6.65.